The van der Waals surface area contributed by atoms with Crippen molar-refractivity contribution in [1.29, 1.82) is 0 Å². The van der Waals surface area contributed by atoms with Crippen LogP contribution in [0.25, 0.3) is 0 Å². The van der Waals surface area contributed by atoms with Gasteiger partial charge in [0.05, 0.1) is 60.9 Å². The number of amides is 1. The Kier molecular flexibility index (Phi) is 7.81. The number of carbonyl (C=O) groups is 1. The van der Waals surface area contributed by atoms with Crippen molar-refractivity contribution in [3.63, 3.8) is 0 Å². The fourth-order valence-electron chi connectivity index (χ4n) is 3.88. The number of piperazine rings is 1. The molecule has 0 unspecified atom stereocenters. The lowest BCUT2D eigenvalue weighted by Gasteiger charge is -2.34. The number of nitrogens with zero attached hydrogens (tertiary/aromatic N) is 4. The van der Waals surface area contributed by atoms with Crippen LogP contribution >= 0.6 is 0 Å². The van der Waals surface area contributed by atoms with Crippen molar-refractivity contribution < 1.29 is 18.1 Å². The van der Waals surface area contributed by atoms with E-state index in [0.29, 0.717) is 24.5 Å². The predicted molar refractivity (Wildman–Crippen MR) is 125 cm³/mol. The maximum absolute atomic E-state index is 13.1. The van der Waals surface area contributed by atoms with Crippen LogP contribution in [0.3, 0.4) is 0 Å². The Hall–Kier alpha value is -2.56. The van der Waals surface area contributed by atoms with E-state index in [0.717, 1.165) is 38.4 Å². The van der Waals surface area contributed by atoms with Gasteiger partial charge in [-0.15, -0.1) is 0 Å². The van der Waals surface area contributed by atoms with Gasteiger partial charge in [0.15, 0.2) is 0 Å². The van der Waals surface area contributed by atoms with Gasteiger partial charge in [-0.05, 0) is 32.0 Å². The summed E-state index contributed by atoms with van der Waals surface area (Å²) in [6, 6.07) is 4.98. The van der Waals surface area contributed by atoms with Gasteiger partial charge >= 0.3 is 0 Å². The zero-order valence-electron chi connectivity index (χ0n) is 19.3. The lowest BCUT2D eigenvalue weighted by molar-refractivity contribution is -0.898. The summed E-state index contributed by atoms with van der Waals surface area (Å²) in [6.45, 7) is 13.1. The van der Waals surface area contributed by atoms with Crippen LogP contribution < -0.4 is 15.1 Å². The number of hydrogen-bond acceptors (Lipinski definition) is 6. The molecule has 1 aliphatic rings. The molecular weight excluding hydrogens is 428 g/mol. The number of hydrogen-bond donors (Lipinski definition) is 2. The fraction of sp³-hybridized carbons (Fsp3) is 0.500. The van der Waals surface area contributed by atoms with E-state index >= 15 is 0 Å². The maximum Gasteiger partial charge on any atom is 0.275 e. The van der Waals surface area contributed by atoms with Crippen LogP contribution in [-0.2, 0) is 10.0 Å². The van der Waals surface area contributed by atoms with E-state index in [1.807, 2.05) is 13.8 Å². The minimum atomic E-state index is -3.66. The monoisotopic (exact) mass is 461 g/mol. The first-order valence-corrected chi connectivity index (χ1v) is 12.6. The van der Waals surface area contributed by atoms with Crippen LogP contribution in [0, 0.1) is 6.92 Å². The highest BCUT2D eigenvalue weighted by molar-refractivity contribution is 7.89. The number of aryl methyl sites for hydroxylation is 1. The quantitative estimate of drug-likeness (QED) is 0.603. The molecule has 2 N–H and O–H groups in total. The van der Waals surface area contributed by atoms with Crippen LogP contribution in [0.4, 0.5) is 11.4 Å². The Balaban J connectivity index is 1.97. The second-order valence-electron chi connectivity index (χ2n) is 7.86. The highest BCUT2D eigenvalue weighted by atomic mass is 32.2. The van der Waals surface area contributed by atoms with Crippen molar-refractivity contribution in [2.45, 2.75) is 32.6 Å². The number of aromatic nitrogens is 2. The van der Waals surface area contributed by atoms with E-state index in [2.05, 4.69) is 27.1 Å². The van der Waals surface area contributed by atoms with Gasteiger partial charge in [0.2, 0.25) is 10.0 Å². The summed E-state index contributed by atoms with van der Waals surface area (Å²) in [5.41, 5.74) is 2.17. The molecule has 2 aromatic rings. The van der Waals surface area contributed by atoms with Crippen LogP contribution in [0.1, 0.15) is 37.0 Å². The third kappa shape index (κ3) is 5.25. The molecule has 1 amide bonds. The molecule has 174 valence electrons. The Bertz CT molecular complexity index is 1030. The normalized spacial score (nSPS) is 15.2. The zero-order chi connectivity index (χ0) is 23.3. The van der Waals surface area contributed by atoms with E-state index in [1.165, 1.54) is 21.6 Å². The predicted octanol–water partition coefficient (Wildman–Crippen LogP) is 0.793. The van der Waals surface area contributed by atoms with Gasteiger partial charge in [-0.25, -0.2) is 13.4 Å². The van der Waals surface area contributed by atoms with Crippen molar-refractivity contribution in [1.82, 2.24) is 14.3 Å². The smallest absolute Gasteiger partial charge is 0.275 e. The Morgan fingerprint density at radius 1 is 1.12 bits per heavy atom. The van der Waals surface area contributed by atoms with Gasteiger partial charge in [-0.2, -0.15) is 4.31 Å². The zero-order valence-corrected chi connectivity index (χ0v) is 20.1. The number of quaternary nitrogens is 1. The molecule has 1 aromatic heterocycles. The van der Waals surface area contributed by atoms with E-state index in [1.54, 1.807) is 25.1 Å². The van der Waals surface area contributed by atoms with Crippen molar-refractivity contribution in [3.05, 3.63) is 42.0 Å². The van der Waals surface area contributed by atoms with Gasteiger partial charge < -0.3 is 15.1 Å². The average molecular weight is 462 g/mol. The van der Waals surface area contributed by atoms with E-state index in [4.69, 9.17) is 0 Å². The minimum absolute atomic E-state index is 0.160. The molecule has 0 atom stereocenters. The lowest BCUT2D eigenvalue weighted by Crippen LogP contribution is -3.14. The molecule has 3 rings (SSSR count). The van der Waals surface area contributed by atoms with E-state index < -0.39 is 15.9 Å². The molecule has 0 bridgehead atoms. The molecule has 32 heavy (non-hydrogen) atoms. The molecule has 2 heterocycles. The Morgan fingerprint density at radius 3 is 2.38 bits per heavy atom. The molecule has 0 saturated carbocycles. The summed E-state index contributed by atoms with van der Waals surface area (Å²) in [6.07, 6.45) is 2.95. The van der Waals surface area contributed by atoms with Crippen molar-refractivity contribution in [3.8, 4) is 0 Å². The van der Waals surface area contributed by atoms with Crippen LogP contribution in [-0.4, -0.2) is 74.4 Å². The van der Waals surface area contributed by atoms with Crippen molar-refractivity contribution in [2.24, 2.45) is 0 Å². The largest absolute Gasteiger partial charge is 0.359 e. The number of sulfonamides is 1. The van der Waals surface area contributed by atoms with E-state index in [-0.39, 0.29) is 10.6 Å². The minimum Gasteiger partial charge on any atom is -0.359 e. The Morgan fingerprint density at radius 2 is 1.81 bits per heavy atom. The molecule has 1 aromatic carbocycles. The molecule has 0 spiro atoms. The fourth-order valence-corrected chi connectivity index (χ4v) is 5.36. The van der Waals surface area contributed by atoms with Gasteiger partial charge in [-0.3, -0.25) is 9.78 Å². The SMILES string of the molecule is CCN(CC)S(=O)(=O)c1ccc(N2CC[NH+](CC)CC2)c(NC(=O)c2cnc(C)cn2)c1. The van der Waals surface area contributed by atoms with Crippen molar-refractivity contribution in [2.75, 3.05) is 56.0 Å². The molecular formula is C22H33N6O3S+. The second kappa shape index (κ2) is 10.4. The van der Waals surface area contributed by atoms with Gasteiger partial charge in [0, 0.05) is 19.3 Å². The molecule has 1 fully saturated rings. The summed E-state index contributed by atoms with van der Waals surface area (Å²) in [5, 5.41) is 2.88. The molecule has 0 aliphatic carbocycles. The molecule has 9 nitrogen and oxygen atoms in total. The first kappa shape index (κ1) is 24.1. The summed E-state index contributed by atoms with van der Waals surface area (Å²) >= 11 is 0. The third-order valence-electron chi connectivity index (χ3n) is 5.88. The molecule has 1 aliphatic heterocycles. The van der Waals surface area contributed by atoms with Gasteiger partial charge in [0.1, 0.15) is 5.69 Å². The number of likely N-dealkylation sites (N-methyl/N-ethyl adjacent to an activating group) is 1. The molecule has 0 radical (unpaired) electrons. The van der Waals surface area contributed by atoms with Crippen LogP contribution in [0.5, 0.6) is 0 Å². The number of benzene rings is 1. The van der Waals surface area contributed by atoms with Crippen molar-refractivity contribution >= 4 is 27.3 Å². The summed E-state index contributed by atoms with van der Waals surface area (Å²) in [5.74, 6) is -0.422. The van der Waals surface area contributed by atoms with E-state index in [9.17, 15) is 13.2 Å². The number of anilines is 2. The first-order chi connectivity index (χ1) is 15.3. The number of rotatable bonds is 8. The highest BCUT2D eigenvalue weighted by Crippen LogP contribution is 2.30. The van der Waals surface area contributed by atoms with Gasteiger partial charge in [0.25, 0.3) is 5.91 Å². The molecule has 1 saturated heterocycles. The summed E-state index contributed by atoms with van der Waals surface area (Å²) < 4.78 is 27.6. The number of nitrogens with one attached hydrogen (secondary N) is 2. The van der Waals surface area contributed by atoms with Crippen LogP contribution in [0.2, 0.25) is 0 Å². The number of carbonyl (C=O) groups excluding carboxylic acids is 1. The summed E-state index contributed by atoms with van der Waals surface area (Å²) in [4.78, 5) is 25.0. The lowest BCUT2D eigenvalue weighted by atomic mass is 10.2. The van der Waals surface area contributed by atoms with Crippen LogP contribution in [0.15, 0.2) is 35.5 Å². The third-order valence-corrected chi connectivity index (χ3v) is 7.93. The molecule has 10 heteroatoms. The summed E-state index contributed by atoms with van der Waals surface area (Å²) in [7, 11) is -3.66. The first-order valence-electron chi connectivity index (χ1n) is 11.1. The average Bonchev–Trinajstić information content (AvgIpc) is 2.80. The standard InChI is InChI=1S/C22H32N6O3S/c1-5-26-10-12-27(13-11-26)21-9-8-18(32(30,31)28(6-2)7-3)14-19(21)25-22(29)20-16-23-17(4)15-24-20/h8-9,14-16H,5-7,10-13H2,1-4H3,(H,25,29)/p+1. The van der Waals surface area contributed by atoms with Gasteiger partial charge in [-0.1, -0.05) is 13.8 Å². The second-order valence-corrected chi connectivity index (χ2v) is 9.79. The maximum atomic E-state index is 13.1. The topological polar surface area (TPSA) is 99.9 Å². The Labute approximate surface area is 190 Å². The highest BCUT2D eigenvalue weighted by Gasteiger charge is 2.26.